The Balaban J connectivity index is 1.47. The van der Waals surface area contributed by atoms with Gasteiger partial charge in [0, 0.05) is 23.9 Å². The third kappa shape index (κ3) is 8.86. The molecule has 1 saturated carbocycles. The molecule has 3 aliphatic rings. The molecule has 3 N–H and O–H groups in total. The molecule has 0 radical (unpaired) electrons. The van der Waals surface area contributed by atoms with Crippen molar-refractivity contribution in [1.29, 1.82) is 0 Å². The number of piperidine rings is 1. The van der Waals surface area contributed by atoms with E-state index in [4.69, 9.17) is 4.74 Å². The Kier molecular flexibility index (Phi) is 11.2. The summed E-state index contributed by atoms with van der Waals surface area (Å²) >= 11 is 1.88. The number of aliphatic hydroxyl groups is 1. The summed E-state index contributed by atoms with van der Waals surface area (Å²) in [5, 5.41) is 18.2. The molecule has 4 rings (SSSR count). The van der Waals surface area contributed by atoms with Gasteiger partial charge in [-0.25, -0.2) is 4.79 Å². The number of hydrogen-bond donors (Lipinski definition) is 3. The fraction of sp³-hybridized carbons (Fsp3) is 0.750. The maximum Gasteiger partial charge on any atom is 0.407 e. The third-order valence-corrected chi connectivity index (χ3v) is 10.2. The molecule has 2 saturated heterocycles. The van der Waals surface area contributed by atoms with Crippen LogP contribution in [0.3, 0.4) is 0 Å². The fourth-order valence-electron chi connectivity index (χ4n) is 6.79. The van der Waals surface area contributed by atoms with Crippen molar-refractivity contribution in [3.8, 4) is 0 Å². The zero-order valence-corrected chi connectivity index (χ0v) is 25.8. The predicted molar refractivity (Wildman–Crippen MR) is 162 cm³/mol. The van der Waals surface area contributed by atoms with Crippen LogP contribution < -0.4 is 10.6 Å². The molecule has 8 heteroatoms. The first-order valence-electron chi connectivity index (χ1n) is 15.5. The van der Waals surface area contributed by atoms with E-state index in [2.05, 4.69) is 22.5 Å². The SMILES string of the molecule is CCC[C@@H]1SCC[C@@H]1OC(=O)N[C@@H](Cc1ccccc1)[C@H](O)CN1C[C@H]2CCCC[C@H]2C[C@H]1C(=O)NC(C)(C)C. The molecule has 0 aromatic heterocycles. The van der Waals surface area contributed by atoms with Crippen LogP contribution in [0, 0.1) is 11.8 Å². The second-order valence-corrected chi connectivity index (χ2v) is 14.5. The van der Waals surface area contributed by atoms with E-state index < -0.39 is 18.2 Å². The van der Waals surface area contributed by atoms with Gasteiger partial charge in [0.05, 0.1) is 18.2 Å². The number of likely N-dealkylation sites (tertiary alicyclic amines) is 1. The van der Waals surface area contributed by atoms with Crippen molar-refractivity contribution in [2.75, 3.05) is 18.8 Å². The number of fused-ring (bicyclic) bond motifs is 1. The number of carbonyl (C=O) groups is 2. The lowest BCUT2D eigenvalue weighted by molar-refractivity contribution is -0.132. The van der Waals surface area contributed by atoms with E-state index in [9.17, 15) is 14.7 Å². The van der Waals surface area contributed by atoms with Gasteiger partial charge in [-0.3, -0.25) is 9.69 Å². The van der Waals surface area contributed by atoms with E-state index in [1.165, 1.54) is 25.7 Å². The minimum atomic E-state index is -0.845. The number of benzene rings is 1. The molecule has 0 unspecified atom stereocenters. The van der Waals surface area contributed by atoms with Gasteiger partial charge in [0.25, 0.3) is 0 Å². The topological polar surface area (TPSA) is 90.9 Å². The summed E-state index contributed by atoms with van der Waals surface area (Å²) in [6.45, 7) is 9.33. The summed E-state index contributed by atoms with van der Waals surface area (Å²) in [6, 6.07) is 9.16. The second kappa shape index (κ2) is 14.4. The predicted octanol–water partition coefficient (Wildman–Crippen LogP) is 5.15. The summed E-state index contributed by atoms with van der Waals surface area (Å²) in [4.78, 5) is 28.8. The minimum absolute atomic E-state index is 0.0383. The molecule has 0 bridgehead atoms. The number of amides is 2. The molecule has 1 aromatic carbocycles. The summed E-state index contributed by atoms with van der Waals surface area (Å²) < 4.78 is 5.91. The average Bonchev–Trinajstić information content (AvgIpc) is 3.34. The zero-order valence-electron chi connectivity index (χ0n) is 24.9. The van der Waals surface area contributed by atoms with Crippen LogP contribution in [0.15, 0.2) is 30.3 Å². The maximum absolute atomic E-state index is 13.5. The number of nitrogens with zero attached hydrogens (tertiary/aromatic N) is 1. The molecule has 7 nitrogen and oxygen atoms in total. The smallest absolute Gasteiger partial charge is 0.407 e. The van der Waals surface area contributed by atoms with Crippen LogP contribution in [0.5, 0.6) is 0 Å². The lowest BCUT2D eigenvalue weighted by Crippen LogP contribution is -2.60. The number of hydrogen-bond acceptors (Lipinski definition) is 6. The Bertz CT molecular complexity index is 955. The van der Waals surface area contributed by atoms with Crippen LogP contribution in [-0.2, 0) is 16.0 Å². The van der Waals surface area contributed by atoms with Crippen molar-refractivity contribution >= 4 is 23.8 Å². The fourth-order valence-corrected chi connectivity index (χ4v) is 8.27. The number of β-amino-alcohol motifs (C(OH)–C–C–N with tert-alkyl or cyclic N) is 1. The Hall–Kier alpha value is -1.77. The maximum atomic E-state index is 13.5. The highest BCUT2D eigenvalue weighted by atomic mass is 32.2. The van der Waals surface area contributed by atoms with Crippen molar-refractivity contribution in [1.82, 2.24) is 15.5 Å². The molecule has 2 amide bonds. The average molecular weight is 574 g/mol. The van der Waals surface area contributed by atoms with Crippen LogP contribution in [0.1, 0.15) is 84.6 Å². The summed E-state index contributed by atoms with van der Waals surface area (Å²) in [5.74, 6) is 2.16. The summed E-state index contributed by atoms with van der Waals surface area (Å²) in [7, 11) is 0. The molecule has 40 heavy (non-hydrogen) atoms. The van der Waals surface area contributed by atoms with Crippen LogP contribution in [0.2, 0.25) is 0 Å². The second-order valence-electron chi connectivity index (χ2n) is 13.2. The van der Waals surface area contributed by atoms with Crippen molar-refractivity contribution in [2.24, 2.45) is 11.8 Å². The Morgan fingerprint density at radius 2 is 1.85 bits per heavy atom. The van der Waals surface area contributed by atoms with E-state index in [1.54, 1.807) is 0 Å². The molecule has 0 spiro atoms. The van der Waals surface area contributed by atoms with Crippen molar-refractivity contribution in [2.45, 2.75) is 121 Å². The molecule has 3 fully saturated rings. The molecule has 1 aliphatic carbocycles. The lowest BCUT2D eigenvalue weighted by Gasteiger charge is -2.47. The number of aliphatic hydroxyl groups excluding tert-OH is 1. The number of ether oxygens (including phenoxy) is 1. The van der Waals surface area contributed by atoms with E-state index >= 15 is 0 Å². The molecular weight excluding hydrogens is 522 g/mol. The lowest BCUT2D eigenvalue weighted by atomic mass is 9.72. The van der Waals surface area contributed by atoms with Gasteiger partial charge >= 0.3 is 6.09 Å². The van der Waals surface area contributed by atoms with Crippen LogP contribution in [0.25, 0.3) is 0 Å². The highest BCUT2D eigenvalue weighted by Gasteiger charge is 2.42. The highest BCUT2D eigenvalue weighted by molar-refractivity contribution is 8.00. The van der Waals surface area contributed by atoms with Gasteiger partial charge in [0.15, 0.2) is 0 Å². The van der Waals surface area contributed by atoms with E-state index in [1.807, 2.05) is 62.9 Å². The summed E-state index contributed by atoms with van der Waals surface area (Å²) in [5.41, 5.74) is 0.722. The molecule has 224 valence electrons. The number of rotatable bonds is 10. The molecular formula is C32H51N3O4S. The van der Waals surface area contributed by atoms with Crippen molar-refractivity contribution in [3.63, 3.8) is 0 Å². The Labute approximate surface area is 245 Å². The van der Waals surface area contributed by atoms with Crippen molar-refractivity contribution < 1.29 is 19.4 Å². The molecule has 7 atom stereocenters. The van der Waals surface area contributed by atoms with E-state index in [0.717, 1.165) is 43.5 Å². The van der Waals surface area contributed by atoms with E-state index in [-0.39, 0.29) is 23.6 Å². The molecule has 2 heterocycles. The van der Waals surface area contributed by atoms with Gasteiger partial charge in [-0.2, -0.15) is 11.8 Å². The van der Waals surface area contributed by atoms with E-state index in [0.29, 0.717) is 30.1 Å². The first kappa shape index (κ1) is 31.2. The largest absolute Gasteiger partial charge is 0.445 e. The third-order valence-electron chi connectivity index (χ3n) is 8.77. The molecule has 2 aliphatic heterocycles. The first-order valence-corrected chi connectivity index (χ1v) is 16.5. The van der Waals surface area contributed by atoms with Crippen LogP contribution >= 0.6 is 11.8 Å². The highest BCUT2D eigenvalue weighted by Crippen LogP contribution is 2.39. The van der Waals surface area contributed by atoms with Gasteiger partial charge in [-0.15, -0.1) is 0 Å². The van der Waals surface area contributed by atoms with Gasteiger partial charge in [-0.1, -0.05) is 62.9 Å². The number of alkyl carbamates (subject to hydrolysis) is 1. The minimum Gasteiger partial charge on any atom is -0.445 e. The Morgan fingerprint density at radius 1 is 1.12 bits per heavy atom. The number of thioether (sulfide) groups is 1. The normalized spacial score (nSPS) is 28.8. The first-order chi connectivity index (χ1) is 19.1. The van der Waals surface area contributed by atoms with Gasteiger partial charge in [0.2, 0.25) is 5.91 Å². The number of carbonyl (C=O) groups excluding carboxylic acids is 2. The summed E-state index contributed by atoms with van der Waals surface area (Å²) in [6.07, 6.45) is 7.74. The van der Waals surface area contributed by atoms with Crippen LogP contribution in [-0.4, -0.2) is 75.9 Å². The van der Waals surface area contributed by atoms with Crippen LogP contribution in [0.4, 0.5) is 4.79 Å². The van der Waals surface area contributed by atoms with Gasteiger partial charge in [-0.05, 0) is 76.0 Å². The number of nitrogens with one attached hydrogen (secondary N) is 2. The Morgan fingerprint density at radius 3 is 2.55 bits per heavy atom. The van der Waals surface area contributed by atoms with Crippen molar-refractivity contribution in [3.05, 3.63) is 35.9 Å². The van der Waals surface area contributed by atoms with Gasteiger partial charge in [0.1, 0.15) is 6.10 Å². The quantitative estimate of drug-likeness (QED) is 0.359. The van der Waals surface area contributed by atoms with Gasteiger partial charge < -0.3 is 20.5 Å². The molecule has 1 aromatic rings. The monoisotopic (exact) mass is 573 g/mol. The zero-order chi connectivity index (χ0) is 28.7. The standard InChI is InChI=1S/C32H51N3O4S/c1-5-11-29-28(16-17-40-29)39-31(38)33-25(18-22-12-7-6-8-13-22)27(36)21-35-20-24-15-10-9-14-23(24)19-26(35)30(37)34-32(2,3)4/h6-8,12-13,23-29,36H,5,9-11,14-21H2,1-4H3,(H,33,38)(H,34,37)/t23-,24+,25-,26-,27+,28-,29-/m0/s1.